The van der Waals surface area contributed by atoms with Gasteiger partial charge in [-0.25, -0.2) is 9.97 Å². The van der Waals surface area contributed by atoms with Crippen molar-refractivity contribution in [1.82, 2.24) is 37.0 Å². The van der Waals surface area contributed by atoms with Crippen LogP contribution in [0.1, 0.15) is 0 Å². The summed E-state index contributed by atoms with van der Waals surface area (Å²) in [7, 11) is 0. The van der Waals surface area contributed by atoms with Crippen molar-refractivity contribution in [2.75, 3.05) is 0 Å². The van der Waals surface area contributed by atoms with Crippen molar-refractivity contribution < 1.29 is 0 Å². The summed E-state index contributed by atoms with van der Waals surface area (Å²) in [6, 6.07) is 136. The lowest BCUT2D eigenvalue weighted by Gasteiger charge is -2.17. The van der Waals surface area contributed by atoms with Crippen LogP contribution < -0.4 is 0 Å². The van der Waals surface area contributed by atoms with Gasteiger partial charge in [0.15, 0.2) is 11.6 Å². The Morgan fingerprint density at radius 3 is 1.22 bits per heavy atom. The average Bonchev–Trinajstić information content (AvgIpc) is 1.51. The van der Waals surface area contributed by atoms with Crippen LogP contribution in [0.25, 0.3) is 263 Å². The van der Waals surface area contributed by atoms with Gasteiger partial charge in [-0.05, 0) is 164 Å². The SMILES string of the molecule is c1ccc(-n2c3ccccc3c3cc(-c4cc5ccccc5cc4-n4c5cc6c7ccccc7n7c8ccccc8c(c5c5ccc8cc(-c9ccc%10c(ccc%11c%10c%10ccccc%10n%11-c%10nc%11ccccc%11nc%10-n%10c%11cc%12c%13ccccc%13n%13c%14ccccc%14c(c%11c%11ccc%14ccccc%14c%11%10)c%12%13)c9)ccc8c54)c67)ccc32)cc1. The van der Waals surface area contributed by atoms with E-state index in [4.69, 9.17) is 9.97 Å². The van der Waals surface area contributed by atoms with Crippen LogP contribution >= 0.6 is 0 Å². The molecule has 0 amide bonds. The molecule has 0 unspecified atom stereocenters. The Balaban J connectivity index is 0.665. The first-order valence-corrected chi connectivity index (χ1v) is 40.0. The lowest BCUT2D eigenvalue weighted by atomic mass is 9.95. The van der Waals surface area contributed by atoms with Crippen LogP contribution in [0.2, 0.25) is 0 Å². The topological polar surface area (TPSA) is 54.3 Å². The highest BCUT2D eigenvalue weighted by atomic mass is 15.2. The second-order valence-corrected chi connectivity index (χ2v) is 31.8. The molecule has 0 bridgehead atoms. The van der Waals surface area contributed by atoms with Gasteiger partial charge >= 0.3 is 0 Å². The first-order chi connectivity index (χ1) is 57.6. The molecule has 19 aromatic carbocycles. The van der Waals surface area contributed by atoms with Crippen LogP contribution in [0.3, 0.4) is 0 Å². The number of aromatic nitrogens is 8. The Morgan fingerprint density at radius 1 is 0.181 bits per heavy atom. The third-order valence-electron chi connectivity index (χ3n) is 26.1. The fraction of sp³-hybridized carbons (Fsp3) is 0. The van der Waals surface area contributed by atoms with E-state index in [0.29, 0.717) is 0 Å². The molecule has 0 aliphatic heterocycles. The molecule has 0 fully saturated rings. The van der Waals surface area contributed by atoms with Crippen LogP contribution in [-0.2, 0) is 0 Å². The summed E-state index contributed by atoms with van der Waals surface area (Å²) in [6.07, 6.45) is 0. The quantitative estimate of drug-likeness (QED) is 0.167. The molecule has 9 heterocycles. The van der Waals surface area contributed by atoms with Crippen molar-refractivity contribution >= 4 is 218 Å². The summed E-state index contributed by atoms with van der Waals surface area (Å²) in [6.45, 7) is 0. The van der Waals surface area contributed by atoms with Crippen LogP contribution in [-0.4, -0.2) is 37.0 Å². The van der Waals surface area contributed by atoms with Gasteiger partial charge in [0, 0.05) is 108 Å². The number of benzene rings is 19. The lowest BCUT2D eigenvalue weighted by Crippen LogP contribution is -2.09. The monoisotopic (exact) mass is 1470 g/mol. The van der Waals surface area contributed by atoms with E-state index < -0.39 is 0 Å². The Kier molecular flexibility index (Phi) is 11.7. The predicted octanol–water partition coefficient (Wildman–Crippen LogP) is 28.3. The standard InChI is InChI=1S/C108H60N8/c1-2-25-69(26-3-1)111-87-36-16-8-28-73(87)82-57-68(46-52-93(82)111)81-56-62-23-4-5-24-63(62)58-95(81)114-96-59-83-74-29-9-17-37-88(74)112-90-39-19-12-32-77(90)101(105(83)112)99(96)79-51-45-67-55-65(44-49-72(67)103(79)114)64-43-48-70-66(54-64)47-53-94-98(70)76-31-11-21-41-92(76)115(94)107-108(110-86-35-15-14-34-85(86)109-107)116-97-60-84-75-30-10-18-38-89(75)113-91-40-20-13-33-78(91)102(106(84)113)100(97)80-50-42-61-22-6-7-27-71(61)104(80)116/h1-60H. The highest BCUT2D eigenvalue weighted by Gasteiger charge is 2.31. The molecule has 0 spiro atoms. The molecule has 8 nitrogen and oxygen atoms in total. The molecule has 0 aliphatic rings. The van der Waals surface area contributed by atoms with Crippen LogP contribution in [0.4, 0.5) is 0 Å². The van der Waals surface area contributed by atoms with Gasteiger partial charge in [-0.2, -0.15) is 0 Å². The van der Waals surface area contributed by atoms with Crippen molar-refractivity contribution in [2.24, 2.45) is 0 Å². The van der Waals surface area contributed by atoms with Gasteiger partial charge < -0.3 is 17.9 Å². The Bertz CT molecular complexity index is 9300. The molecule has 0 radical (unpaired) electrons. The van der Waals surface area contributed by atoms with E-state index in [1.54, 1.807) is 0 Å². The zero-order valence-corrected chi connectivity index (χ0v) is 62.2. The summed E-state index contributed by atoms with van der Waals surface area (Å²) >= 11 is 0. The van der Waals surface area contributed by atoms with Crippen molar-refractivity contribution in [3.8, 4) is 45.3 Å². The molecule has 28 aromatic rings. The maximum Gasteiger partial charge on any atom is 0.182 e. The molecule has 0 N–H and O–H groups in total. The second-order valence-electron chi connectivity index (χ2n) is 31.8. The van der Waals surface area contributed by atoms with Gasteiger partial charge in [-0.1, -0.05) is 249 Å². The fourth-order valence-corrected chi connectivity index (χ4v) is 21.4. The minimum absolute atomic E-state index is 0.758. The molecule has 8 heteroatoms. The molecule has 28 rings (SSSR count). The third-order valence-corrected chi connectivity index (χ3v) is 26.1. The highest BCUT2D eigenvalue weighted by Crippen LogP contribution is 2.53. The minimum Gasteiger partial charge on any atom is -0.309 e. The summed E-state index contributed by atoms with van der Waals surface area (Å²) in [5, 5.41) is 28.9. The normalized spacial score (nSPS) is 12.7. The maximum absolute atomic E-state index is 5.88. The molecule has 0 saturated heterocycles. The van der Waals surface area contributed by atoms with E-state index in [1.807, 2.05) is 0 Å². The van der Waals surface area contributed by atoms with Gasteiger partial charge in [-0.15, -0.1) is 0 Å². The predicted molar refractivity (Wildman–Crippen MR) is 487 cm³/mol. The molecule has 0 saturated carbocycles. The number of rotatable bonds is 6. The van der Waals surface area contributed by atoms with Crippen molar-refractivity contribution in [3.05, 3.63) is 364 Å². The van der Waals surface area contributed by atoms with E-state index in [0.717, 1.165) is 99.9 Å². The van der Waals surface area contributed by atoms with E-state index in [2.05, 4.69) is 391 Å². The Labute approximate surface area is 659 Å². The number of nitrogens with zero attached hydrogens (tertiary/aromatic N) is 8. The zero-order chi connectivity index (χ0) is 75.0. The van der Waals surface area contributed by atoms with Gasteiger partial charge in [0.25, 0.3) is 0 Å². The first kappa shape index (κ1) is 61.1. The number of hydrogen-bond donors (Lipinski definition) is 0. The van der Waals surface area contributed by atoms with Gasteiger partial charge in [0.2, 0.25) is 0 Å². The highest BCUT2D eigenvalue weighted by molar-refractivity contribution is 6.39. The average molecular weight is 1470 g/mol. The van der Waals surface area contributed by atoms with Crippen molar-refractivity contribution in [1.29, 1.82) is 0 Å². The van der Waals surface area contributed by atoms with E-state index in [-0.39, 0.29) is 0 Å². The zero-order valence-electron chi connectivity index (χ0n) is 62.2. The molecule has 0 aliphatic carbocycles. The van der Waals surface area contributed by atoms with Crippen LogP contribution in [0, 0.1) is 0 Å². The second kappa shape index (κ2) is 22.1. The van der Waals surface area contributed by atoms with Crippen LogP contribution in [0.5, 0.6) is 0 Å². The summed E-state index contributed by atoms with van der Waals surface area (Å²) in [5.74, 6) is 1.52. The van der Waals surface area contributed by atoms with Crippen molar-refractivity contribution in [2.45, 2.75) is 0 Å². The number of para-hydroxylation sites is 9. The fourth-order valence-electron chi connectivity index (χ4n) is 21.4. The summed E-state index contributed by atoms with van der Waals surface area (Å²) in [4.78, 5) is 11.7. The maximum atomic E-state index is 5.88. The van der Waals surface area contributed by atoms with Crippen molar-refractivity contribution in [3.63, 3.8) is 0 Å². The molecule has 9 aromatic heterocycles. The van der Waals surface area contributed by atoms with E-state index in [1.165, 1.54) is 163 Å². The Hall–Kier alpha value is -15.6. The largest absolute Gasteiger partial charge is 0.309 e. The van der Waals surface area contributed by atoms with Crippen LogP contribution in [0.15, 0.2) is 364 Å². The lowest BCUT2D eigenvalue weighted by molar-refractivity contribution is 0.998. The first-order valence-electron chi connectivity index (χ1n) is 40.0. The molecule has 0 atom stereocenters. The molecular formula is C108H60N8. The summed E-state index contributed by atoms with van der Waals surface area (Å²) < 4.78 is 14.9. The van der Waals surface area contributed by atoms with Gasteiger partial charge in [0.1, 0.15) is 0 Å². The number of fused-ring (bicyclic) bond motifs is 34. The van der Waals surface area contributed by atoms with Gasteiger partial charge in [-0.3, -0.25) is 9.13 Å². The Morgan fingerprint density at radius 2 is 0.595 bits per heavy atom. The van der Waals surface area contributed by atoms with Gasteiger partial charge in [0.05, 0.1) is 94.0 Å². The molecule has 532 valence electrons. The third kappa shape index (κ3) is 7.82. The van der Waals surface area contributed by atoms with E-state index in [9.17, 15) is 0 Å². The van der Waals surface area contributed by atoms with E-state index >= 15 is 0 Å². The number of hydrogen-bond acceptors (Lipinski definition) is 2. The minimum atomic E-state index is 0.758. The molecular weight excluding hydrogens is 1410 g/mol. The molecule has 116 heavy (non-hydrogen) atoms. The smallest absolute Gasteiger partial charge is 0.182 e. The summed E-state index contributed by atoms with van der Waals surface area (Å²) in [5.41, 5.74) is 24.9.